The molecule has 0 aromatic carbocycles. The van der Waals surface area contributed by atoms with E-state index in [9.17, 15) is 0 Å². The minimum Gasteiger partial charge on any atom is -0.370 e. The highest BCUT2D eigenvalue weighted by atomic mass is 31.2. The van der Waals surface area contributed by atoms with Crippen LogP contribution in [0.15, 0.2) is 0 Å². The van der Waals surface area contributed by atoms with E-state index in [4.69, 9.17) is 43.2 Å². The maximum atomic E-state index is 8.88. The van der Waals surface area contributed by atoms with E-state index in [2.05, 4.69) is 13.8 Å². The van der Waals surface area contributed by atoms with E-state index >= 15 is 0 Å². The molecule has 28 heavy (non-hydrogen) atoms. The number of epoxide rings is 1. The predicted octanol–water partition coefficient (Wildman–Crippen LogP) is 4.01. The fraction of sp³-hybridized carbons (Fsp3) is 1.00. The van der Waals surface area contributed by atoms with Gasteiger partial charge in [0.2, 0.25) is 0 Å². The van der Waals surface area contributed by atoms with Crippen LogP contribution < -0.4 is 0 Å². The first kappa shape index (κ1) is 30.4. The van der Waals surface area contributed by atoms with Crippen molar-refractivity contribution in [2.24, 2.45) is 0 Å². The van der Waals surface area contributed by atoms with Crippen molar-refractivity contribution in [3.8, 4) is 0 Å². The highest BCUT2D eigenvalue weighted by Gasteiger charge is 2.37. The molecule has 1 rings (SSSR count). The minimum atomic E-state index is -4.64. The van der Waals surface area contributed by atoms with Crippen molar-refractivity contribution in [2.45, 2.75) is 103 Å². The van der Waals surface area contributed by atoms with Crippen LogP contribution in [0.2, 0.25) is 0 Å². The van der Waals surface area contributed by atoms with Crippen molar-refractivity contribution in [2.75, 3.05) is 6.61 Å². The molecule has 0 aliphatic carbocycles. The zero-order valence-corrected chi connectivity index (χ0v) is 19.0. The van der Waals surface area contributed by atoms with Gasteiger partial charge >= 0.3 is 15.6 Å². The van der Waals surface area contributed by atoms with Crippen LogP contribution in [0.1, 0.15) is 97.3 Å². The van der Waals surface area contributed by atoms with E-state index in [0.29, 0.717) is 5.60 Å². The Labute approximate surface area is 169 Å². The van der Waals surface area contributed by atoms with E-state index in [-0.39, 0.29) is 0 Å². The van der Waals surface area contributed by atoms with Gasteiger partial charge in [0.1, 0.15) is 0 Å². The summed E-state index contributed by atoms with van der Waals surface area (Å²) in [5.74, 6) is 0. The fourth-order valence-corrected chi connectivity index (χ4v) is 2.61. The molecule has 1 unspecified atom stereocenters. The topological polar surface area (TPSA) is 168 Å². The Kier molecular flexibility index (Phi) is 18.4. The fourth-order valence-electron chi connectivity index (χ4n) is 2.61. The molecule has 0 aromatic rings. The standard InChI is InChI=1S/C17H34O.2H3O4P/c1-3-4-5-6-7-8-9-10-11-12-13-14-15-17(2)16-18-17;2*1-5(2,3)4/h3-16H2,1-2H3;2*(H3,1,2,3,4). The lowest BCUT2D eigenvalue weighted by molar-refractivity contribution is 0.272. The zero-order chi connectivity index (χ0) is 22.1. The summed E-state index contributed by atoms with van der Waals surface area (Å²) in [7, 11) is -9.28. The maximum absolute atomic E-state index is 8.88. The maximum Gasteiger partial charge on any atom is 0.466 e. The van der Waals surface area contributed by atoms with Crippen LogP contribution in [0.4, 0.5) is 0 Å². The van der Waals surface area contributed by atoms with Gasteiger partial charge in [0, 0.05) is 0 Å². The molecule has 1 heterocycles. The first-order valence-corrected chi connectivity index (χ1v) is 13.1. The van der Waals surface area contributed by atoms with Crippen molar-refractivity contribution >= 4 is 15.6 Å². The summed E-state index contributed by atoms with van der Waals surface area (Å²) in [4.78, 5) is 43.1. The van der Waals surface area contributed by atoms with Crippen LogP contribution in [0.5, 0.6) is 0 Å². The van der Waals surface area contributed by atoms with Crippen LogP contribution in [-0.2, 0) is 13.9 Å². The summed E-state index contributed by atoms with van der Waals surface area (Å²) in [5, 5.41) is 0. The summed E-state index contributed by atoms with van der Waals surface area (Å²) in [6.07, 6.45) is 18.5. The van der Waals surface area contributed by atoms with Crippen molar-refractivity contribution in [1.82, 2.24) is 0 Å². The van der Waals surface area contributed by atoms with E-state index in [1.165, 1.54) is 83.5 Å². The highest BCUT2D eigenvalue weighted by Crippen LogP contribution is 2.32. The second-order valence-electron chi connectivity index (χ2n) is 7.40. The molecule has 1 aliphatic heterocycles. The van der Waals surface area contributed by atoms with Crippen LogP contribution in [0.3, 0.4) is 0 Å². The molecule has 1 aliphatic rings. The van der Waals surface area contributed by atoms with Gasteiger partial charge in [-0.15, -0.1) is 0 Å². The quantitative estimate of drug-likeness (QED) is 0.138. The SMILES string of the molecule is CCCCCCCCCCCCCCC1(C)CO1.O=P(O)(O)O.O=P(O)(O)O. The summed E-state index contributed by atoms with van der Waals surface area (Å²) < 4.78 is 23.2. The average Bonchev–Trinajstić information content (AvgIpc) is 3.23. The molecule has 1 fully saturated rings. The smallest absolute Gasteiger partial charge is 0.370 e. The van der Waals surface area contributed by atoms with Gasteiger partial charge < -0.3 is 34.1 Å². The van der Waals surface area contributed by atoms with Crippen LogP contribution >= 0.6 is 15.6 Å². The number of hydrogen-bond acceptors (Lipinski definition) is 3. The minimum absolute atomic E-state index is 0.290. The van der Waals surface area contributed by atoms with Gasteiger partial charge in [0.15, 0.2) is 0 Å². The third-order valence-corrected chi connectivity index (χ3v) is 4.20. The van der Waals surface area contributed by atoms with Crippen molar-refractivity contribution < 1.29 is 43.2 Å². The molecule has 0 bridgehead atoms. The Morgan fingerprint density at radius 1 is 0.679 bits per heavy atom. The lowest BCUT2D eigenvalue weighted by Crippen LogP contribution is -2.02. The summed E-state index contributed by atoms with van der Waals surface area (Å²) in [6.45, 7) is 5.53. The molecule has 6 N–H and O–H groups in total. The largest absolute Gasteiger partial charge is 0.466 e. The summed E-state index contributed by atoms with van der Waals surface area (Å²) >= 11 is 0. The van der Waals surface area contributed by atoms with Gasteiger partial charge in [-0.05, 0) is 13.3 Å². The Morgan fingerprint density at radius 2 is 0.929 bits per heavy atom. The number of rotatable bonds is 13. The molecule has 9 nitrogen and oxygen atoms in total. The highest BCUT2D eigenvalue weighted by molar-refractivity contribution is 7.45. The second kappa shape index (κ2) is 16.9. The van der Waals surface area contributed by atoms with E-state index < -0.39 is 15.6 Å². The molecule has 172 valence electrons. The first-order chi connectivity index (χ1) is 12.8. The normalized spacial score (nSPS) is 18.6. The van der Waals surface area contributed by atoms with Crippen LogP contribution in [-0.4, -0.2) is 41.6 Å². The summed E-state index contributed by atoms with van der Waals surface area (Å²) in [6, 6.07) is 0. The van der Waals surface area contributed by atoms with Gasteiger partial charge in [-0.2, -0.15) is 0 Å². The number of phosphoric acid groups is 2. The van der Waals surface area contributed by atoms with Gasteiger partial charge in [-0.3, -0.25) is 0 Å². The lowest BCUT2D eigenvalue weighted by atomic mass is 10.0. The monoisotopic (exact) mass is 450 g/mol. The van der Waals surface area contributed by atoms with Crippen LogP contribution in [0, 0.1) is 0 Å². The molecule has 0 radical (unpaired) electrons. The third kappa shape index (κ3) is 40.8. The number of hydrogen-bond donors (Lipinski definition) is 6. The van der Waals surface area contributed by atoms with E-state index in [0.717, 1.165) is 6.61 Å². The number of ether oxygens (including phenoxy) is 1. The van der Waals surface area contributed by atoms with Crippen molar-refractivity contribution in [1.29, 1.82) is 0 Å². The van der Waals surface area contributed by atoms with E-state index in [1.54, 1.807) is 0 Å². The van der Waals surface area contributed by atoms with Gasteiger partial charge in [-0.25, -0.2) is 9.13 Å². The van der Waals surface area contributed by atoms with Crippen molar-refractivity contribution in [3.05, 3.63) is 0 Å². The Balaban J connectivity index is 0. The van der Waals surface area contributed by atoms with E-state index in [1.807, 2.05) is 0 Å². The Morgan fingerprint density at radius 3 is 1.18 bits per heavy atom. The van der Waals surface area contributed by atoms with Gasteiger partial charge in [0.05, 0.1) is 12.2 Å². The molecule has 0 spiro atoms. The molecule has 0 amide bonds. The van der Waals surface area contributed by atoms with Gasteiger partial charge in [0.25, 0.3) is 0 Å². The second-order valence-corrected chi connectivity index (χ2v) is 9.46. The predicted molar refractivity (Wildman–Crippen MR) is 109 cm³/mol. The average molecular weight is 450 g/mol. The molecule has 0 aromatic heterocycles. The Hall–Kier alpha value is 0.180. The molecular weight excluding hydrogens is 410 g/mol. The summed E-state index contributed by atoms with van der Waals surface area (Å²) in [5.41, 5.74) is 0.290. The van der Waals surface area contributed by atoms with Crippen LogP contribution in [0.25, 0.3) is 0 Å². The molecule has 1 saturated heterocycles. The number of unbranched alkanes of at least 4 members (excludes halogenated alkanes) is 11. The molecular formula is C17H40O9P2. The Bertz CT molecular complexity index is 407. The zero-order valence-electron chi connectivity index (χ0n) is 17.2. The lowest BCUT2D eigenvalue weighted by Gasteiger charge is -2.05. The molecule has 11 heteroatoms. The van der Waals surface area contributed by atoms with Crippen molar-refractivity contribution in [3.63, 3.8) is 0 Å². The van der Waals surface area contributed by atoms with Gasteiger partial charge in [-0.1, -0.05) is 84.0 Å². The molecule has 1 atom stereocenters. The molecule has 0 saturated carbocycles. The first-order valence-electron chi connectivity index (χ1n) is 9.97. The third-order valence-electron chi connectivity index (χ3n) is 4.20.